The number of rotatable bonds is 5. The van der Waals surface area contributed by atoms with Gasteiger partial charge in [0.2, 0.25) is 0 Å². The van der Waals surface area contributed by atoms with Gasteiger partial charge in [0, 0.05) is 18.1 Å². The Morgan fingerprint density at radius 2 is 1.81 bits per heavy atom. The molecule has 0 aliphatic carbocycles. The molecule has 1 aromatic heterocycles. The topological polar surface area (TPSA) is 55.0 Å². The first-order valence-electron chi connectivity index (χ1n) is 10.0. The fourth-order valence-corrected chi connectivity index (χ4v) is 3.25. The van der Waals surface area contributed by atoms with Crippen molar-refractivity contribution in [1.82, 2.24) is 9.97 Å². The Morgan fingerprint density at radius 1 is 1.06 bits per heavy atom. The molecule has 0 saturated carbocycles. The summed E-state index contributed by atoms with van der Waals surface area (Å²) in [7, 11) is 0. The van der Waals surface area contributed by atoms with Crippen molar-refractivity contribution in [3.8, 4) is 28.7 Å². The van der Waals surface area contributed by atoms with Crippen molar-refractivity contribution in [2.24, 2.45) is 0 Å². The second kappa shape index (κ2) is 8.64. The lowest BCUT2D eigenvalue weighted by molar-refractivity contribution is -0.0229. The van der Waals surface area contributed by atoms with E-state index in [-0.39, 0.29) is 5.78 Å². The number of halogens is 2. The molecule has 0 aliphatic rings. The molecular weight excluding hydrogens is 410 g/mol. The minimum atomic E-state index is -2.88. The summed E-state index contributed by atoms with van der Waals surface area (Å²) < 4.78 is 30.8. The summed E-state index contributed by atoms with van der Waals surface area (Å²) in [4.78, 5) is 19.7. The normalized spacial score (nSPS) is 11.1. The molecular formula is C26H20F2N2O2. The lowest BCUT2D eigenvalue weighted by atomic mass is 9.97. The van der Waals surface area contributed by atoms with Crippen LogP contribution in [-0.4, -0.2) is 28.3 Å². The third kappa shape index (κ3) is 5.01. The minimum absolute atomic E-state index is 0.00843. The Morgan fingerprint density at radius 3 is 2.53 bits per heavy atom. The van der Waals surface area contributed by atoms with E-state index < -0.39 is 12.5 Å². The number of carbonyl (C=O) groups is 1. The van der Waals surface area contributed by atoms with Crippen LogP contribution in [0.3, 0.4) is 0 Å². The molecule has 0 radical (unpaired) electrons. The van der Waals surface area contributed by atoms with Crippen molar-refractivity contribution in [3.05, 3.63) is 83.7 Å². The maximum absolute atomic E-state index is 12.9. The molecule has 4 rings (SSSR count). The first-order chi connectivity index (χ1) is 15.3. The smallest absolute Gasteiger partial charge is 0.278 e. The van der Waals surface area contributed by atoms with Gasteiger partial charge in [-0.2, -0.15) is 0 Å². The molecule has 1 N–H and O–H groups in total. The van der Waals surface area contributed by atoms with Crippen molar-refractivity contribution < 1.29 is 18.3 Å². The first kappa shape index (κ1) is 21.3. The standard InChI is InChI=1S/C26H20F2N2O2/c1-17(31)21-5-3-4-6-22(21)19-10-13-23-24(15-19)30-25(29-23)14-9-18-7-11-20(12-8-18)32-16-26(2,27)28/h3-8,10-13,15H,16H2,1-2H3,(H,29,30). The van der Waals surface area contributed by atoms with Crippen LogP contribution in [0.25, 0.3) is 22.2 Å². The number of ether oxygens (including phenoxy) is 1. The summed E-state index contributed by atoms with van der Waals surface area (Å²) in [5, 5.41) is 0. The van der Waals surface area contributed by atoms with Gasteiger partial charge in [-0.15, -0.1) is 0 Å². The highest BCUT2D eigenvalue weighted by Crippen LogP contribution is 2.27. The Hall–Kier alpha value is -3.98. The average molecular weight is 430 g/mol. The second-order valence-corrected chi connectivity index (χ2v) is 7.55. The number of Topliss-reactive ketones (excluding diaryl/α,β-unsaturated/α-hetero) is 1. The maximum Gasteiger partial charge on any atom is 0.278 e. The van der Waals surface area contributed by atoms with E-state index in [1.54, 1.807) is 31.2 Å². The molecule has 32 heavy (non-hydrogen) atoms. The summed E-state index contributed by atoms with van der Waals surface area (Å²) in [6.07, 6.45) is 0. The number of alkyl halides is 2. The molecule has 160 valence electrons. The zero-order valence-electron chi connectivity index (χ0n) is 17.6. The van der Waals surface area contributed by atoms with Crippen LogP contribution in [0, 0.1) is 11.8 Å². The monoisotopic (exact) mass is 430 g/mol. The van der Waals surface area contributed by atoms with Gasteiger partial charge in [-0.1, -0.05) is 36.3 Å². The van der Waals surface area contributed by atoms with Crippen molar-refractivity contribution in [3.63, 3.8) is 0 Å². The minimum Gasteiger partial charge on any atom is -0.487 e. The van der Waals surface area contributed by atoms with E-state index in [2.05, 4.69) is 21.8 Å². The Bertz CT molecular complexity index is 1340. The zero-order chi connectivity index (χ0) is 22.7. The van der Waals surface area contributed by atoms with Gasteiger partial charge in [-0.3, -0.25) is 4.79 Å². The van der Waals surface area contributed by atoms with Crippen molar-refractivity contribution in [2.75, 3.05) is 6.61 Å². The van der Waals surface area contributed by atoms with Crippen LogP contribution in [0.2, 0.25) is 0 Å². The highest BCUT2D eigenvalue weighted by atomic mass is 19.3. The van der Waals surface area contributed by atoms with Gasteiger partial charge in [0.15, 0.2) is 18.2 Å². The summed E-state index contributed by atoms with van der Waals surface area (Å²) in [5.74, 6) is 3.97. The first-order valence-corrected chi connectivity index (χ1v) is 10.0. The summed E-state index contributed by atoms with van der Waals surface area (Å²) >= 11 is 0. The molecule has 0 unspecified atom stereocenters. The molecule has 0 aliphatic heterocycles. The highest BCUT2D eigenvalue weighted by Gasteiger charge is 2.21. The molecule has 0 bridgehead atoms. The van der Waals surface area contributed by atoms with E-state index >= 15 is 0 Å². The van der Waals surface area contributed by atoms with Crippen LogP contribution in [0.1, 0.15) is 35.6 Å². The number of nitrogens with one attached hydrogen (secondary N) is 1. The van der Waals surface area contributed by atoms with Crippen LogP contribution in [0.5, 0.6) is 5.75 Å². The Balaban J connectivity index is 1.55. The molecule has 0 amide bonds. The Labute approximate surface area is 184 Å². The lowest BCUT2D eigenvalue weighted by Gasteiger charge is -2.11. The molecule has 4 aromatic rings. The maximum atomic E-state index is 12.9. The number of aromatic amines is 1. The van der Waals surface area contributed by atoms with E-state index in [1.165, 1.54) is 0 Å². The van der Waals surface area contributed by atoms with Gasteiger partial charge in [-0.25, -0.2) is 13.8 Å². The number of carbonyl (C=O) groups excluding carboxylic acids is 1. The predicted octanol–water partition coefficient (Wildman–Crippen LogP) is 5.87. The Kier molecular flexibility index (Phi) is 5.74. The molecule has 0 spiro atoms. The van der Waals surface area contributed by atoms with E-state index in [9.17, 15) is 13.6 Å². The summed E-state index contributed by atoms with van der Waals surface area (Å²) in [6, 6.07) is 19.9. The number of imidazole rings is 1. The van der Waals surface area contributed by atoms with Crippen molar-refractivity contribution in [2.45, 2.75) is 19.8 Å². The lowest BCUT2D eigenvalue weighted by Crippen LogP contribution is -2.20. The van der Waals surface area contributed by atoms with E-state index in [0.717, 1.165) is 29.1 Å². The SMILES string of the molecule is CC(=O)c1ccccc1-c1ccc2[nH]c(C#Cc3ccc(OCC(C)(F)F)cc3)nc2c1. The summed E-state index contributed by atoms with van der Waals surface area (Å²) in [5.41, 5.74) is 4.72. The fourth-order valence-electron chi connectivity index (χ4n) is 3.25. The van der Waals surface area contributed by atoms with Crippen LogP contribution in [-0.2, 0) is 0 Å². The van der Waals surface area contributed by atoms with Gasteiger partial charge < -0.3 is 9.72 Å². The zero-order valence-corrected chi connectivity index (χ0v) is 17.6. The number of hydrogen-bond donors (Lipinski definition) is 1. The van der Waals surface area contributed by atoms with Crippen molar-refractivity contribution >= 4 is 16.8 Å². The molecule has 0 atom stereocenters. The number of benzene rings is 3. The number of H-pyrrole nitrogens is 1. The highest BCUT2D eigenvalue weighted by molar-refractivity contribution is 6.01. The number of ketones is 1. The van der Waals surface area contributed by atoms with E-state index in [1.807, 2.05) is 42.5 Å². The molecule has 4 nitrogen and oxygen atoms in total. The van der Waals surface area contributed by atoms with E-state index in [0.29, 0.717) is 22.7 Å². The number of aromatic nitrogens is 2. The number of nitrogens with zero attached hydrogens (tertiary/aromatic N) is 1. The van der Waals surface area contributed by atoms with E-state index in [4.69, 9.17) is 4.74 Å². The fraction of sp³-hybridized carbons (Fsp3) is 0.154. The molecule has 3 aromatic carbocycles. The number of hydrogen-bond acceptors (Lipinski definition) is 3. The van der Waals surface area contributed by atoms with Gasteiger partial charge in [0.05, 0.1) is 11.0 Å². The summed E-state index contributed by atoms with van der Waals surface area (Å²) in [6.45, 7) is 1.69. The molecule has 0 fully saturated rings. The van der Waals surface area contributed by atoms with Crippen LogP contribution >= 0.6 is 0 Å². The number of fused-ring (bicyclic) bond motifs is 1. The van der Waals surface area contributed by atoms with Gasteiger partial charge in [0.1, 0.15) is 5.75 Å². The molecule has 1 heterocycles. The van der Waals surface area contributed by atoms with Gasteiger partial charge >= 0.3 is 0 Å². The van der Waals surface area contributed by atoms with Crippen molar-refractivity contribution in [1.29, 1.82) is 0 Å². The third-order valence-corrected chi connectivity index (χ3v) is 4.77. The van der Waals surface area contributed by atoms with Crippen LogP contribution < -0.4 is 4.74 Å². The average Bonchev–Trinajstić information content (AvgIpc) is 3.18. The predicted molar refractivity (Wildman–Crippen MR) is 120 cm³/mol. The van der Waals surface area contributed by atoms with Gasteiger partial charge in [0.25, 0.3) is 5.92 Å². The van der Waals surface area contributed by atoms with Crippen LogP contribution in [0.15, 0.2) is 66.7 Å². The third-order valence-electron chi connectivity index (χ3n) is 4.77. The van der Waals surface area contributed by atoms with Gasteiger partial charge in [-0.05, 0) is 60.4 Å². The molecule has 0 saturated heterocycles. The quantitative estimate of drug-likeness (QED) is 0.318. The second-order valence-electron chi connectivity index (χ2n) is 7.55. The largest absolute Gasteiger partial charge is 0.487 e. The van der Waals surface area contributed by atoms with Crippen LogP contribution in [0.4, 0.5) is 8.78 Å². The molecule has 6 heteroatoms.